The SMILES string of the molecule is CC(C)C(NC(=O)c1ccco1)C(=O)Nc1ccc(Sc2nccn2C)cc1. The lowest BCUT2D eigenvalue weighted by atomic mass is 10.0. The summed E-state index contributed by atoms with van der Waals surface area (Å²) >= 11 is 1.54. The highest BCUT2D eigenvalue weighted by molar-refractivity contribution is 7.99. The summed E-state index contributed by atoms with van der Waals surface area (Å²) in [6, 6.07) is 10.00. The van der Waals surface area contributed by atoms with Gasteiger partial charge in [0, 0.05) is 30.0 Å². The molecule has 2 amide bonds. The van der Waals surface area contributed by atoms with Crippen LogP contribution < -0.4 is 10.6 Å². The second-order valence-electron chi connectivity index (χ2n) is 6.61. The Kier molecular flexibility index (Phi) is 6.20. The Bertz CT molecular complexity index is 933. The van der Waals surface area contributed by atoms with Gasteiger partial charge in [-0.05, 0) is 42.3 Å². The summed E-state index contributed by atoms with van der Waals surface area (Å²) in [5.41, 5.74) is 0.659. The second-order valence-corrected chi connectivity index (χ2v) is 7.65. The van der Waals surface area contributed by atoms with Crippen molar-refractivity contribution in [2.45, 2.75) is 29.9 Å². The number of carbonyl (C=O) groups is 2. The topological polar surface area (TPSA) is 89.2 Å². The Morgan fingerprint density at radius 3 is 2.50 bits per heavy atom. The van der Waals surface area contributed by atoms with Gasteiger partial charge in [0.25, 0.3) is 5.91 Å². The molecule has 2 N–H and O–H groups in total. The van der Waals surface area contributed by atoms with Crippen molar-refractivity contribution in [2.75, 3.05) is 5.32 Å². The first-order valence-electron chi connectivity index (χ1n) is 8.84. The van der Waals surface area contributed by atoms with Crippen LogP contribution in [0.15, 0.2) is 69.5 Å². The number of anilines is 1. The number of nitrogens with zero attached hydrogens (tertiary/aromatic N) is 2. The van der Waals surface area contributed by atoms with E-state index >= 15 is 0 Å². The van der Waals surface area contributed by atoms with Crippen LogP contribution in [0.3, 0.4) is 0 Å². The molecule has 0 spiro atoms. The van der Waals surface area contributed by atoms with Gasteiger partial charge in [0.2, 0.25) is 5.91 Å². The van der Waals surface area contributed by atoms with Crippen LogP contribution in [0.4, 0.5) is 5.69 Å². The van der Waals surface area contributed by atoms with Gasteiger partial charge >= 0.3 is 0 Å². The molecular formula is C20H22N4O3S. The van der Waals surface area contributed by atoms with Crippen LogP contribution in [0.25, 0.3) is 0 Å². The van der Waals surface area contributed by atoms with Gasteiger partial charge in [-0.1, -0.05) is 25.6 Å². The molecule has 8 heteroatoms. The number of hydrogen-bond acceptors (Lipinski definition) is 5. The molecule has 0 aliphatic heterocycles. The zero-order chi connectivity index (χ0) is 20.1. The minimum atomic E-state index is -0.681. The molecule has 0 saturated carbocycles. The van der Waals surface area contributed by atoms with Crippen molar-refractivity contribution in [1.29, 1.82) is 0 Å². The van der Waals surface area contributed by atoms with Gasteiger partial charge in [0.1, 0.15) is 6.04 Å². The van der Waals surface area contributed by atoms with Crippen molar-refractivity contribution in [3.63, 3.8) is 0 Å². The fourth-order valence-corrected chi connectivity index (χ4v) is 3.34. The summed E-state index contributed by atoms with van der Waals surface area (Å²) in [5, 5.41) is 6.47. The number of aryl methyl sites for hydroxylation is 1. The van der Waals surface area contributed by atoms with Crippen molar-refractivity contribution in [2.24, 2.45) is 13.0 Å². The van der Waals surface area contributed by atoms with Gasteiger partial charge in [-0.2, -0.15) is 0 Å². The van der Waals surface area contributed by atoms with E-state index in [0.29, 0.717) is 5.69 Å². The molecule has 2 aromatic heterocycles. The molecule has 1 aromatic carbocycles. The van der Waals surface area contributed by atoms with E-state index in [1.807, 2.05) is 55.9 Å². The maximum atomic E-state index is 12.7. The van der Waals surface area contributed by atoms with E-state index in [4.69, 9.17) is 4.42 Å². The average Bonchev–Trinajstić information content (AvgIpc) is 3.33. The second kappa shape index (κ2) is 8.79. The zero-order valence-corrected chi connectivity index (χ0v) is 16.7. The van der Waals surface area contributed by atoms with E-state index in [1.165, 1.54) is 18.0 Å². The summed E-state index contributed by atoms with van der Waals surface area (Å²) in [4.78, 5) is 30.2. The molecule has 1 atom stereocenters. The van der Waals surface area contributed by atoms with Crippen LogP contribution in [0.2, 0.25) is 0 Å². The molecule has 0 saturated heterocycles. The standard InChI is InChI=1S/C20H22N4O3S/c1-13(2)17(23-18(25)16-5-4-12-27-16)19(26)22-14-6-8-15(9-7-14)28-20-21-10-11-24(20)3/h4-13,17H,1-3H3,(H,22,26)(H,23,25). The minimum Gasteiger partial charge on any atom is -0.459 e. The Morgan fingerprint density at radius 1 is 1.18 bits per heavy atom. The van der Waals surface area contributed by atoms with Crippen LogP contribution in [0, 0.1) is 5.92 Å². The molecule has 3 aromatic rings. The summed E-state index contributed by atoms with van der Waals surface area (Å²) in [5.74, 6) is -0.605. The Morgan fingerprint density at radius 2 is 1.93 bits per heavy atom. The van der Waals surface area contributed by atoms with Crippen molar-refractivity contribution < 1.29 is 14.0 Å². The highest BCUT2D eigenvalue weighted by Crippen LogP contribution is 2.26. The van der Waals surface area contributed by atoms with E-state index in [9.17, 15) is 9.59 Å². The predicted octanol–water partition coefficient (Wildman–Crippen LogP) is 3.56. The summed E-state index contributed by atoms with van der Waals surface area (Å²) in [7, 11) is 1.94. The predicted molar refractivity (Wildman–Crippen MR) is 107 cm³/mol. The van der Waals surface area contributed by atoms with E-state index in [-0.39, 0.29) is 17.6 Å². The number of imidazole rings is 1. The Balaban J connectivity index is 1.63. The maximum Gasteiger partial charge on any atom is 0.287 e. The van der Waals surface area contributed by atoms with Gasteiger partial charge in [-0.3, -0.25) is 9.59 Å². The van der Waals surface area contributed by atoms with Crippen LogP contribution in [-0.4, -0.2) is 27.4 Å². The Labute approximate surface area is 167 Å². The number of amides is 2. The summed E-state index contributed by atoms with van der Waals surface area (Å²) in [6.45, 7) is 3.75. The zero-order valence-electron chi connectivity index (χ0n) is 15.9. The lowest BCUT2D eigenvalue weighted by Gasteiger charge is -2.21. The third-order valence-corrected chi connectivity index (χ3v) is 5.17. The summed E-state index contributed by atoms with van der Waals surface area (Å²) in [6.07, 6.45) is 5.06. The van der Waals surface area contributed by atoms with Crippen molar-refractivity contribution in [3.8, 4) is 0 Å². The first-order chi connectivity index (χ1) is 13.4. The van der Waals surface area contributed by atoms with Crippen molar-refractivity contribution in [1.82, 2.24) is 14.9 Å². The van der Waals surface area contributed by atoms with Crippen LogP contribution in [0.5, 0.6) is 0 Å². The highest BCUT2D eigenvalue weighted by atomic mass is 32.2. The fraction of sp³-hybridized carbons (Fsp3) is 0.250. The van der Waals surface area contributed by atoms with Gasteiger partial charge < -0.3 is 19.6 Å². The number of furan rings is 1. The number of hydrogen-bond donors (Lipinski definition) is 2. The summed E-state index contributed by atoms with van der Waals surface area (Å²) < 4.78 is 7.03. The first-order valence-corrected chi connectivity index (χ1v) is 9.66. The lowest BCUT2D eigenvalue weighted by Crippen LogP contribution is -2.47. The molecule has 28 heavy (non-hydrogen) atoms. The number of aromatic nitrogens is 2. The maximum absolute atomic E-state index is 12.7. The molecule has 0 radical (unpaired) electrons. The monoisotopic (exact) mass is 398 g/mol. The number of benzene rings is 1. The van der Waals surface area contributed by atoms with Gasteiger partial charge in [0.05, 0.1) is 6.26 Å². The van der Waals surface area contributed by atoms with Gasteiger partial charge in [-0.25, -0.2) is 4.98 Å². The number of nitrogens with one attached hydrogen (secondary N) is 2. The molecule has 146 valence electrons. The van der Waals surface area contributed by atoms with E-state index in [0.717, 1.165) is 10.1 Å². The van der Waals surface area contributed by atoms with Crippen LogP contribution in [-0.2, 0) is 11.8 Å². The quantitative estimate of drug-likeness (QED) is 0.635. The molecule has 2 heterocycles. The Hall–Kier alpha value is -3.00. The molecule has 7 nitrogen and oxygen atoms in total. The largest absolute Gasteiger partial charge is 0.459 e. The number of rotatable bonds is 7. The number of carbonyl (C=O) groups excluding carboxylic acids is 2. The molecular weight excluding hydrogens is 376 g/mol. The van der Waals surface area contributed by atoms with Crippen LogP contribution in [0.1, 0.15) is 24.4 Å². The fourth-order valence-electron chi connectivity index (χ4n) is 2.54. The van der Waals surface area contributed by atoms with E-state index < -0.39 is 11.9 Å². The molecule has 1 unspecified atom stereocenters. The van der Waals surface area contributed by atoms with E-state index in [2.05, 4.69) is 15.6 Å². The average molecular weight is 398 g/mol. The van der Waals surface area contributed by atoms with Gasteiger partial charge in [0.15, 0.2) is 10.9 Å². The van der Waals surface area contributed by atoms with E-state index in [1.54, 1.807) is 18.3 Å². The third-order valence-electron chi connectivity index (χ3n) is 4.09. The molecule has 3 rings (SSSR count). The normalized spacial score (nSPS) is 12.0. The molecule has 0 aliphatic rings. The van der Waals surface area contributed by atoms with Crippen molar-refractivity contribution >= 4 is 29.3 Å². The lowest BCUT2D eigenvalue weighted by molar-refractivity contribution is -0.118. The van der Waals surface area contributed by atoms with Crippen molar-refractivity contribution in [3.05, 3.63) is 60.8 Å². The molecule has 0 bridgehead atoms. The third kappa shape index (κ3) is 4.83. The smallest absolute Gasteiger partial charge is 0.287 e. The minimum absolute atomic E-state index is 0.0860. The first kappa shape index (κ1) is 19.8. The van der Waals surface area contributed by atoms with Gasteiger partial charge in [-0.15, -0.1) is 0 Å². The van der Waals surface area contributed by atoms with Crippen LogP contribution >= 0.6 is 11.8 Å². The molecule has 0 fully saturated rings. The highest BCUT2D eigenvalue weighted by Gasteiger charge is 2.25. The molecule has 0 aliphatic carbocycles.